The molecule has 0 bridgehead atoms. The highest BCUT2D eigenvalue weighted by atomic mass is 16.5. The standard InChI is InChI=1S/C32H43N7O3/c1-5-28(40)38-17-23-20-41-31-29(39(23)16-21(38)2)24-11-15-37(27-10-12-33-25-9-7-14-36(4)30(25)27)18-26(24)34-32(31)42-19-22-8-6-13-35(22)3/h5,10,12,21-23H,1,6-9,11,13-20H2,2-4H3/t21-,22+,23-/m1/s1. The summed E-state index contributed by atoms with van der Waals surface area (Å²) in [6.07, 6.45) is 8.74. The van der Waals surface area contributed by atoms with Gasteiger partial charge in [0.1, 0.15) is 13.2 Å². The normalized spacial score (nSPS) is 25.3. The van der Waals surface area contributed by atoms with E-state index in [4.69, 9.17) is 19.4 Å². The number of nitrogens with zero attached hydrogens (tertiary/aromatic N) is 7. The van der Waals surface area contributed by atoms with E-state index in [0.717, 1.165) is 69.0 Å². The summed E-state index contributed by atoms with van der Waals surface area (Å²) in [5.41, 5.74) is 7.11. The number of carbonyl (C=O) groups excluding carboxylic acids is 1. The third-order valence-electron chi connectivity index (χ3n) is 9.95. The van der Waals surface area contributed by atoms with Crippen LogP contribution in [-0.4, -0.2) is 104 Å². The van der Waals surface area contributed by atoms with Crippen LogP contribution in [0.3, 0.4) is 0 Å². The van der Waals surface area contributed by atoms with Crippen molar-refractivity contribution in [1.29, 1.82) is 0 Å². The van der Waals surface area contributed by atoms with Gasteiger partial charge in [-0.05, 0) is 64.8 Å². The molecule has 10 heteroatoms. The molecule has 2 aromatic heterocycles. The highest BCUT2D eigenvalue weighted by molar-refractivity contribution is 5.87. The minimum Gasteiger partial charge on any atom is -0.484 e. The molecule has 2 fully saturated rings. The molecule has 7 heterocycles. The van der Waals surface area contributed by atoms with E-state index in [1.807, 2.05) is 11.1 Å². The molecule has 224 valence electrons. The summed E-state index contributed by atoms with van der Waals surface area (Å²) in [6, 6.07) is 2.70. The van der Waals surface area contributed by atoms with Gasteiger partial charge in [-0.25, -0.2) is 4.98 Å². The number of aryl methyl sites for hydroxylation is 1. The van der Waals surface area contributed by atoms with Gasteiger partial charge in [0, 0.05) is 57.1 Å². The molecule has 5 aliphatic heterocycles. The van der Waals surface area contributed by atoms with E-state index in [0.29, 0.717) is 38.2 Å². The Bertz CT molecular complexity index is 1380. The number of pyridine rings is 2. The molecule has 0 aromatic carbocycles. The second-order valence-electron chi connectivity index (χ2n) is 12.6. The van der Waals surface area contributed by atoms with Gasteiger partial charge in [0.15, 0.2) is 0 Å². The maximum absolute atomic E-state index is 12.6. The quantitative estimate of drug-likeness (QED) is 0.502. The first-order valence-corrected chi connectivity index (χ1v) is 15.6. The fraction of sp³-hybridized carbons (Fsp3) is 0.594. The number of amides is 1. The summed E-state index contributed by atoms with van der Waals surface area (Å²) in [7, 11) is 4.35. The molecular weight excluding hydrogens is 530 g/mol. The topological polar surface area (TPSA) is 77.5 Å². The lowest BCUT2D eigenvalue weighted by atomic mass is 9.96. The van der Waals surface area contributed by atoms with Crippen molar-refractivity contribution in [3.05, 3.63) is 41.9 Å². The summed E-state index contributed by atoms with van der Waals surface area (Å²) >= 11 is 0. The Hall–Kier alpha value is -3.53. The minimum atomic E-state index is -0.0179. The SMILES string of the molecule is C=CC(=O)N1C[C@@H]2COc3c(OC[C@@H]4CCCN4C)nc4c(c3N2C[C@H]1C)CCN(c1ccnc2c1N(C)CCC2)C4. The van der Waals surface area contributed by atoms with Crippen molar-refractivity contribution in [2.45, 2.75) is 63.7 Å². The van der Waals surface area contributed by atoms with Gasteiger partial charge in [-0.3, -0.25) is 9.78 Å². The average Bonchev–Trinajstić information content (AvgIpc) is 3.42. The average molecular weight is 574 g/mol. The number of ether oxygens (including phenoxy) is 2. The predicted octanol–water partition coefficient (Wildman–Crippen LogP) is 2.88. The van der Waals surface area contributed by atoms with Crippen LogP contribution >= 0.6 is 0 Å². The van der Waals surface area contributed by atoms with Crippen molar-refractivity contribution in [2.24, 2.45) is 0 Å². The molecule has 10 nitrogen and oxygen atoms in total. The molecule has 1 amide bonds. The van der Waals surface area contributed by atoms with Crippen molar-refractivity contribution in [3.8, 4) is 11.6 Å². The molecule has 0 unspecified atom stereocenters. The van der Waals surface area contributed by atoms with Crippen molar-refractivity contribution >= 4 is 23.0 Å². The Labute approximate surface area is 248 Å². The molecule has 42 heavy (non-hydrogen) atoms. The molecule has 0 radical (unpaired) electrons. The number of likely N-dealkylation sites (N-methyl/N-ethyl adjacent to an activating group) is 1. The van der Waals surface area contributed by atoms with E-state index >= 15 is 0 Å². The fourth-order valence-electron chi connectivity index (χ4n) is 7.61. The number of piperazine rings is 1. The molecule has 0 aliphatic carbocycles. The minimum absolute atomic E-state index is 0.0179. The van der Waals surface area contributed by atoms with Gasteiger partial charge < -0.3 is 34.0 Å². The zero-order valence-corrected chi connectivity index (χ0v) is 25.2. The first kappa shape index (κ1) is 27.3. The van der Waals surface area contributed by atoms with Gasteiger partial charge in [0.05, 0.1) is 41.0 Å². The Morgan fingerprint density at radius 1 is 1.14 bits per heavy atom. The molecule has 2 saturated heterocycles. The van der Waals surface area contributed by atoms with Crippen molar-refractivity contribution in [1.82, 2.24) is 19.8 Å². The number of carbonyl (C=O) groups is 1. The molecule has 3 atom stereocenters. The second-order valence-corrected chi connectivity index (χ2v) is 12.6. The highest BCUT2D eigenvalue weighted by Gasteiger charge is 2.42. The molecule has 2 aromatic rings. The number of fused-ring (bicyclic) bond motifs is 6. The Morgan fingerprint density at radius 3 is 2.83 bits per heavy atom. The first-order valence-electron chi connectivity index (χ1n) is 15.6. The van der Waals surface area contributed by atoms with Gasteiger partial charge in [-0.1, -0.05) is 6.58 Å². The summed E-state index contributed by atoms with van der Waals surface area (Å²) in [6.45, 7) is 12.1. The van der Waals surface area contributed by atoms with Gasteiger partial charge in [-0.15, -0.1) is 0 Å². The zero-order chi connectivity index (χ0) is 29.0. The van der Waals surface area contributed by atoms with E-state index < -0.39 is 0 Å². The molecule has 0 spiro atoms. The van der Waals surface area contributed by atoms with Crippen LogP contribution in [0.15, 0.2) is 24.9 Å². The second kappa shape index (κ2) is 10.9. The van der Waals surface area contributed by atoms with Crippen LogP contribution in [-0.2, 0) is 24.2 Å². The maximum atomic E-state index is 12.6. The summed E-state index contributed by atoms with van der Waals surface area (Å²) < 4.78 is 13.0. The van der Waals surface area contributed by atoms with E-state index in [1.54, 1.807) is 0 Å². The monoisotopic (exact) mass is 573 g/mol. The number of rotatable bonds is 5. The van der Waals surface area contributed by atoms with E-state index in [-0.39, 0.29) is 18.0 Å². The summed E-state index contributed by atoms with van der Waals surface area (Å²) in [5.74, 6) is 1.36. The molecular formula is C32H43N7O3. The van der Waals surface area contributed by atoms with Crippen molar-refractivity contribution in [3.63, 3.8) is 0 Å². The molecule has 0 N–H and O–H groups in total. The van der Waals surface area contributed by atoms with Gasteiger partial charge in [-0.2, -0.15) is 0 Å². The summed E-state index contributed by atoms with van der Waals surface area (Å²) in [5, 5.41) is 0. The molecule has 7 rings (SSSR count). The third-order valence-corrected chi connectivity index (χ3v) is 9.95. The molecule has 5 aliphatic rings. The van der Waals surface area contributed by atoms with Crippen molar-refractivity contribution in [2.75, 3.05) is 74.7 Å². The van der Waals surface area contributed by atoms with E-state index in [2.05, 4.69) is 53.3 Å². The Kier molecular flexibility index (Phi) is 7.12. The smallest absolute Gasteiger partial charge is 0.259 e. The highest BCUT2D eigenvalue weighted by Crippen LogP contribution is 2.48. The fourth-order valence-corrected chi connectivity index (χ4v) is 7.61. The lowest BCUT2D eigenvalue weighted by Gasteiger charge is -2.49. The summed E-state index contributed by atoms with van der Waals surface area (Å²) in [4.78, 5) is 34.1. The van der Waals surface area contributed by atoms with Crippen LogP contribution in [0.2, 0.25) is 0 Å². The Balaban J connectivity index is 1.25. The number of anilines is 3. The van der Waals surface area contributed by atoms with E-state index in [9.17, 15) is 4.79 Å². The zero-order valence-electron chi connectivity index (χ0n) is 25.2. The van der Waals surface area contributed by atoms with Crippen LogP contribution in [0, 0.1) is 0 Å². The number of hydrogen-bond acceptors (Lipinski definition) is 9. The first-order chi connectivity index (χ1) is 20.4. The maximum Gasteiger partial charge on any atom is 0.259 e. The lowest BCUT2D eigenvalue weighted by molar-refractivity contribution is -0.129. The van der Waals surface area contributed by atoms with E-state index in [1.165, 1.54) is 35.1 Å². The largest absolute Gasteiger partial charge is 0.484 e. The van der Waals surface area contributed by atoms with Gasteiger partial charge >= 0.3 is 0 Å². The number of likely N-dealkylation sites (tertiary alicyclic amines) is 1. The van der Waals surface area contributed by atoms with Crippen molar-refractivity contribution < 1.29 is 14.3 Å². The number of hydrogen-bond donors (Lipinski definition) is 0. The predicted molar refractivity (Wildman–Crippen MR) is 164 cm³/mol. The van der Waals surface area contributed by atoms with Gasteiger partial charge in [0.25, 0.3) is 5.88 Å². The Morgan fingerprint density at radius 2 is 2.02 bits per heavy atom. The van der Waals surface area contributed by atoms with Crippen LogP contribution < -0.4 is 24.2 Å². The molecule has 0 saturated carbocycles. The van der Waals surface area contributed by atoms with Gasteiger partial charge in [0.2, 0.25) is 11.7 Å². The van der Waals surface area contributed by atoms with Crippen LogP contribution in [0.1, 0.15) is 43.1 Å². The van der Waals surface area contributed by atoms with Crippen LogP contribution in [0.25, 0.3) is 0 Å². The van der Waals surface area contributed by atoms with Crippen LogP contribution in [0.4, 0.5) is 17.1 Å². The third kappa shape index (κ3) is 4.64. The number of aromatic nitrogens is 2. The lowest BCUT2D eigenvalue weighted by Crippen LogP contribution is -2.62. The van der Waals surface area contributed by atoms with Crippen LogP contribution in [0.5, 0.6) is 11.6 Å².